The normalized spacial score (nSPS) is 15.4. The number of carbonyl (C=O) groups is 1. The van der Waals surface area contributed by atoms with E-state index in [-0.39, 0.29) is 16.5 Å². The number of nitrogens with zero attached hydrogens (tertiary/aromatic N) is 4. The molecule has 1 aliphatic heterocycles. The molecule has 9 nitrogen and oxygen atoms in total. The summed E-state index contributed by atoms with van der Waals surface area (Å²) in [5.74, 6) is 0.178. The average molecular weight is 503 g/mol. The summed E-state index contributed by atoms with van der Waals surface area (Å²) < 4.78 is 22.7. The molecule has 0 aliphatic carbocycles. The molecule has 2 heterocycles. The number of piperidine rings is 1. The second-order valence-electron chi connectivity index (χ2n) is 8.51. The summed E-state index contributed by atoms with van der Waals surface area (Å²) in [7, 11) is -3.73. The highest BCUT2D eigenvalue weighted by Gasteiger charge is 2.21. The summed E-state index contributed by atoms with van der Waals surface area (Å²) in [5, 5.41) is 17.2. The number of benzene rings is 2. The Hall–Kier alpha value is -2.79. The van der Waals surface area contributed by atoms with E-state index in [1.165, 1.54) is 28.7 Å². The van der Waals surface area contributed by atoms with E-state index in [0.717, 1.165) is 43.1 Å². The monoisotopic (exact) mass is 502 g/mol. The number of halogens is 1. The molecule has 3 N–H and O–H groups in total. The third-order valence-electron chi connectivity index (χ3n) is 5.92. The first kappa shape index (κ1) is 24.3. The van der Waals surface area contributed by atoms with Crippen molar-refractivity contribution in [2.75, 3.05) is 19.6 Å². The van der Waals surface area contributed by atoms with Crippen molar-refractivity contribution in [3.8, 4) is 0 Å². The van der Waals surface area contributed by atoms with Gasteiger partial charge in [-0.05, 0) is 67.2 Å². The molecule has 0 radical (unpaired) electrons. The molecule has 1 fully saturated rings. The van der Waals surface area contributed by atoms with Gasteiger partial charge in [0.05, 0.1) is 17.6 Å². The first-order valence-corrected chi connectivity index (χ1v) is 13.0. The molecule has 2 aromatic carbocycles. The van der Waals surface area contributed by atoms with E-state index in [1.807, 2.05) is 12.1 Å². The number of sulfonamides is 1. The van der Waals surface area contributed by atoms with Crippen molar-refractivity contribution < 1.29 is 13.2 Å². The van der Waals surface area contributed by atoms with Crippen LogP contribution in [-0.4, -0.2) is 53.9 Å². The number of carbonyl (C=O) groups excluding carboxylic acids is 1. The Morgan fingerprint density at radius 1 is 1.03 bits per heavy atom. The minimum atomic E-state index is -3.73. The molecule has 1 aromatic heterocycles. The Labute approximate surface area is 203 Å². The molecule has 0 saturated carbocycles. The van der Waals surface area contributed by atoms with Gasteiger partial charge in [0, 0.05) is 18.1 Å². The SMILES string of the molecule is NS(=O)(=O)c1ccc(Cn2ncc(C(=O)NCC3CCN(Cc4ccc(Cl)cc4)CC3)n2)cc1. The van der Waals surface area contributed by atoms with E-state index in [4.69, 9.17) is 16.7 Å². The quantitative estimate of drug-likeness (QED) is 0.487. The molecular weight excluding hydrogens is 476 g/mol. The highest BCUT2D eigenvalue weighted by Crippen LogP contribution is 2.19. The van der Waals surface area contributed by atoms with Gasteiger partial charge in [0.25, 0.3) is 5.91 Å². The maximum atomic E-state index is 12.5. The van der Waals surface area contributed by atoms with Gasteiger partial charge in [-0.15, -0.1) is 5.10 Å². The smallest absolute Gasteiger partial charge is 0.273 e. The number of hydrogen-bond acceptors (Lipinski definition) is 6. The molecule has 0 spiro atoms. The number of primary sulfonamides is 1. The van der Waals surface area contributed by atoms with E-state index < -0.39 is 10.0 Å². The van der Waals surface area contributed by atoms with Crippen LogP contribution in [0.3, 0.4) is 0 Å². The van der Waals surface area contributed by atoms with Crippen molar-refractivity contribution in [3.63, 3.8) is 0 Å². The summed E-state index contributed by atoms with van der Waals surface area (Å²) >= 11 is 5.95. The van der Waals surface area contributed by atoms with E-state index >= 15 is 0 Å². The standard InChI is InChI=1S/C23H27ClN6O3S/c24-20-5-1-18(2-6-20)15-29-11-9-17(10-12-29)13-26-23(31)22-14-27-30(28-22)16-19-3-7-21(8-4-19)34(25,32)33/h1-8,14,17H,9-13,15-16H2,(H,26,31)(H2,25,32,33). The summed E-state index contributed by atoms with van der Waals surface area (Å²) in [6, 6.07) is 14.1. The van der Waals surface area contributed by atoms with Crippen molar-refractivity contribution in [1.29, 1.82) is 0 Å². The van der Waals surface area contributed by atoms with Crippen LogP contribution in [0.5, 0.6) is 0 Å². The second kappa shape index (κ2) is 10.6. The predicted molar refractivity (Wildman–Crippen MR) is 129 cm³/mol. The Morgan fingerprint density at radius 3 is 2.29 bits per heavy atom. The first-order chi connectivity index (χ1) is 16.3. The molecule has 1 saturated heterocycles. The largest absolute Gasteiger partial charge is 0.350 e. The lowest BCUT2D eigenvalue weighted by atomic mass is 9.96. The highest BCUT2D eigenvalue weighted by molar-refractivity contribution is 7.89. The van der Waals surface area contributed by atoms with Gasteiger partial charge in [0.1, 0.15) is 0 Å². The van der Waals surface area contributed by atoms with Crippen LogP contribution in [0, 0.1) is 5.92 Å². The molecule has 11 heteroatoms. The first-order valence-electron chi connectivity index (χ1n) is 11.0. The topological polar surface area (TPSA) is 123 Å². The predicted octanol–water partition coefficient (Wildman–Crippen LogP) is 2.27. The van der Waals surface area contributed by atoms with E-state index in [9.17, 15) is 13.2 Å². The van der Waals surface area contributed by atoms with E-state index in [1.54, 1.807) is 12.1 Å². The third kappa shape index (κ3) is 6.63. The zero-order chi connectivity index (χ0) is 24.1. The molecule has 3 aromatic rings. The maximum Gasteiger partial charge on any atom is 0.273 e. The van der Waals surface area contributed by atoms with Crippen LogP contribution in [0.4, 0.5) is 0 Å². The molecule has 1 aliphatic rings. The average Bonchev–Trinajstić information content (AvgIpc) is 3.28. The summed E-state index contributed by atoms with van der Waals surface area (Å²) in [6.07, 6.45) is 3.48. The van der Waals surface area contributed by atoms with Gasteiger partial charge in [-0.3, -0.25) is 9.69 Å². The van der Waals surface area contributed by atoms with Crippen LogP contribution in [0.2, 0.25) is 5.02 Å². The van der Waals surface area contributed by atoms with Crippen LogP contribution in [0.1, 0.15) is 34.5 Å². The second-order valence-corrected chi connectivity index (χ2v) is 10.5. The van der Waals surface area contributed by atoms with Crippen LogP contribution < -0.4 is 10.5 Å². The van der Waals surface area contributed by atoms with Gasteiger partial charge in [-0.1, -0.05) is 35.9 Å². The fourth-order valence-electron chi connectivity index (χ4n) is 3.95. The lowest BCUT2D eigenvalue weighted by Crippen LogP contribution is -2.38. The number of amides is 1. The van der Waals surface area contributed by atoms with Crippen LogP contribution in [0.15, 0.2) is 59.6 Å². The molecule has 0 unspecified atom stereocenters. The van der Waals surface area contributed by atoms with Crippen molar-refractivity contribution in [1.82, 2.24) is 25.2 Å². The molecule has 0 bridgehead atoms. The Kier molecular flexibility index (Phi) is 7.62. The van der Waals surface area contributed by atoms with E-state index in [2.05, 4.69) is 32.5 Å². The van der Waals surface area contributed by atoms with Gasteiger partial charge < -0.3 is 5.32 Å². The lowest BCUT2D eigenvalue weighted by Gasteiger charge is -2.32. The molecule has 1 amide bonds. The van der Waals surface area contributed by atoms with Crippen molar-refractivity contribution in [2.45, 2.75) is 30.8 Å². The summed E-state index contributed by atoms with van der Waals surface area (Å²) in [4.78, 5) is 16.4. The minimum absolute atomic E-state index is 0.0422. The third-order valence-corrected chi connectivity index (χ3v) is 7.10. The number of likely N-dealkylation sites (tertiary alicyclic amines) is 1. The maximum absolute atomic E-state index is 12.5. The Morgan fingerprint density at radius 2 is 1.65 bits per heavy atom. The van der Waals surface area contributed by atoms with Gasteiger partial charge in [-0.25, -0.2) is 13.6 Å². The number of aromatic nitrogens is 3. The molecule has 0 atom stereocenters. The number of nitrogens with one attached hydrogen (secondary N) is 1. The van der Waals surface area contributed by atoms with Crippen molar-refractivity contribution >= 4 is 27.5 Å². The van der Waals surface area contributed by atoms with Crippen LogP contribution in [-0.2, 0) is 23.1 Å². The Bertz CT molecular complexity index is 1220. The lowest BCUT2D eigenvalue weighted by molar-refractivity contribution is 0.0929. The van der Waals surface area contributed by atoms with Crippen LogP contribution in [0.25, 0.3) is 0 Å². The zero-order valence-corrected chi connectivity index (χ0v) is 20.2. The van der Waals surface area contributed by atoms with Crippen molar-refractivity contribution in [3.05, 3.63) is 76.6 Å². The van der Waals surface area contributed by atoms with Gasteiger partial charge in [0.15, 0.2) is 5.69 Å². The van der Waals surface area contributed by atoms with Gasteiger partial charge >= 0.3 is 0 Å². The molecule has 34 heavy (non-hydrogen) atoms. The van der Waals surface area contributed by atoms with Gasteiger partial charge in [0.2, 0.25) is 10.0 Å². The van der Waals surface area contributed by atoms with Crippen LogP contribution >= 0.6 is 11.6 Å². The highest BCUT2D eigenvalue weighted by atomic mass is 35.5. The molecular formula is C23H27ClN6O3S. The number of nitrogens with two attached hydrogens (primary N) is 1. The fraction of sp³-hybridized carbons (Fsp3) is 0.348. The minimum Gasteiger partial charge on any atom is -0.350 e. The van der Waals surface area contributed by atoms with E-state index in [0.29, 0.717) is 19.0 Å². The van der Waals surface area contributed by atoms with Gasteiger partial charge in [-0.2, -0.15) is 9.90 Å². The summed E-state index contributed by atoms with van der Waals surface area (Å²) in [6.45, 7) is 3.80. The molecule has 4 rings (SSSR count). The zero-order valence-electron chi connectivity index (χ0n) is 18.6. The fourth-order valence-corrected chi connectivity index (χ4v) is 4.59. The van der Waals surface area contributed by atoms with Crippen molar-refractivity contribution in [2.24, 2.45) is 11.1 Å². The Balaban J connectivity index is 1.22. The molecule has 180 valence electrons. The summed E-state index contributed by atoms with van der Waals surface area (Å²) in [5.41, 5.74) is 2.29. The number of rotatable bonds is 8. The number of hydrogen-bond donors (Lipinski definition) is 2.